The lowest BCUT2D eigenvalue weighted by molar-refractivity contribution is -0.137. The number of carbonyl (C=O) groups excluding carboxylic acids is 2. The Balaban J connectivity index is 1.83. The largest absolute Gasteiger partial charge is 0.355 e. The molecule has 20 heavy (non-hydrogen) atoms. The summed E-state index contributed by atoms with van der Waals surface area (Å²) in [5.41, 5.74) is 0.241. The number of hydrogen-bond donors (Lipinski definition) is 2. The van der Waals surface area contributed by atoms with E-state index in [0.717, 1.165) is 18.4 Å². The van der Waals surface area contributed by atoms with Gasteiger partial charge in [-0.15, -0.1) is 0 Å². The van der Waals surface area contributed by atoms with Crippen molar-refractivity contribution in [3.63, 3.8) is 0 Å². The molecule has 0 radical (unpaired) electrons. The van der Waals surface area contributed by atoms with E-state index in [4.69, 9.17) is 0 Å². The number of hydrogen-bond acceptors (Lipinski definition) is 2. The molecule has 0 bridgehead atoms. The van der Waals surface area contributed by atoms with Gasteiger partial charge >= 0.3 is 0 Å². The van der Waals surface area contributed by atoms with Gasteiger partial charge in [0.1, 0.15) is 5.41 Å². The Morgan fingerprint density at radius 1 is 1.10 bits per heavy atom. The van der Waals surface area contributed by atoms with Gasteiger partial charge in [0.25, 0.3) is 0 Å². The molecule has 0 aliphatic heterocycles. The van der Waals surface area contributed by atoms with Crippen molar-refractivity contribution in [1.29, 1.82) is 0 Å². The SMILES string of the molecule is CCCCNC(=O)C1(C(=O)NCc2ccccc2)CC1. The Morgan fingerprint density at radius 2 is 1.75 bits per heavy atom. The van der Waals surface area contributed by atoms with Gasteiger partial charge < -0.3 is 10.6 Å². The highest BCUT2D eigenvalue weighted by Crippen LogP contribution is 2.46. The minimum atomic E-state index is -0.803. The van der Waals surface area contributed by atoms with Crippen molar-refractivity contribution < 1.29 is 9.59 Å². The van der Waals surface area contributed by atoms with Gasteiger partial charge in [-0.05, 0) is 24.8 Å². The molecule has 1 aliphatic carbocycles. The number of nitrogens with one attached hydrogen (secondary N) is 2. The van der Waals surface area contributed by atoms with Crippen LogP contribution >= 0.6 is 0 Å². The third kappa shape index (κ3) is 3.38. The zero-order valence-corrected chi connectivity index (χ0v) is 11.9. The van der Waals surface area contributed by atoms with Crippen LogP contribution in [0.5, 0.6) is 0 Å². The summed E-state index contributed by atoms with van der Waals surface area (Å²) < 4.78 is 0. The summed E-state index contributed by atoms with van der Waals surface area (Å²) >= 11 is 0. The second kappa shape index (κ2) is 6.55. The van der Waals surface area contributed by atoms with E-state index < -0.39 is 5.41 Å². The third-order valence-electron chi connectivity index (χ3n) is 3.73. The van der Waals surface area contributed by atoms with Crippen molar-refractivity contribution in [1.82, 2.24) is 10.6 Å². The number of rotatable bonds is 7. The van der Waals surface area contributed by atoms with Crippen LogP contribution in [0.15, 0.2) is 30.3 Å². The maximum absolute atomic E-state index is 12.2. The number of unbranched alkanes of at least 4 members (excludes halogenated alkanes) is 1. The first kappa shape index (κ1) is 14.6. The average Bonchev–Trinajstić information content (AvgIpc) is 3.28. The molecule has 108 valence electrons. The molecule has 0 saturated heterocycles. The van der Waals surface area contributed by atoms with Crippen LogP contribution in [0.2, 0.25) is 0 Å². The van der Waals surface area contributed by atoms with E-state index in [9.17, 15) is 9.59 Å². The number of carbonyl (C=O) groups is 2. The fraction of sp³-hybridized carbons (Fsp3) is 0.500. The van der Waals surface area contributed by atoms with Crippen molar-refractivity contribution >= 4 is 11.8 Å². The highest BCUT2D eigenvalue weighted by molar-refractivity contribution is 6.07. The van der Waals surface area contributed by atoms with Crippen LogP contribution in [0, 0.1) is 5.41 Å². The Morgan fingerprint density at radius 3 is 2.35 bits per heavy atom. The van der Waals surface area contributed by atoms with E-state index in [2.05, 4.69) is 17.6 Å². The molecule has 4 nitrogen and oxygen atoms in total. The average molecular weight is 274 g/mol. The van der Waals surface area contributed by atoms with E-state index in [1.165, 1.54) is 0 Å². The maximum atomic E-state index is 12.2. The number of benzene rings is 1. The summed E-state index contributed by atoms with van der Waals surface area (Å²) in [6.45, 7) is 3.21. The second-order valence-electron chi connectivity index (χ2n) is 5.36. The van der Waals surface area contributed by atoms with Gasteiger partial charge in [0.05, 0.1) is 0 Å². The third-order valence-corrected chi connectivity index (χ3v) is 3.73. The first-order chi connectivity index (χ1) is 9.69. The second-order valence-corrected chi connectivity index (χ2v) is 5.36. The first-order valence-electron chi connectivity index (χ1n) is 7.29. The van der Waals surface area contributed by atoms with E-state index in [1.54, 1.807) is 0 Å². The molecule has 1 saturated carbocycles. The molecule has 2 amide bonds. The lowest BCUT2D eigenvalue weighted by Crippen LogP contribution is -2.43. The molecule has 2 rings (SSSR count). The zero-order valence-electron chi connectivity index (χ0n) is 11.9. The topological polar surface area (TPSA) is 58.2 Å². The quantitative estimate of drug-likeness (QED) is 0.590. The molecule has 0 atom stereocenters. The summed E-state index contributed by atoms with van der Waals surface area (Å²) in [6, 6.07) is 9.73. The summed E-state index contributed by atoms with van der Waals surface area (Å²) in [4.78, 5) is 24.3. The van der Waals surface area contributed by atoms with Gasteiger partial charge in [-0.1, -0.05) is 43.7 Å². The zero-order chi connectivity index (χ0) is 14.4. The normalized spacial score (nSPS) is 15.4. The maximum Gasteiger partial charge on any atom is 0.235 e. The molecule has 4 heteroatoms. The molecule has 2 N–H and O–H groups in total. The molecule has 0 heterocycles. The molecular weight excluding hydrogens is 252 g/mol. The van der Waals surface area contributed by atoms with Crippen molar-refractivity contribution in [3.05, 3.63) is 35.9 Å². The van der Waals surface area contributed by atoms with Gasteiger partial charge in [-0.2, -0.15) is 0 Å². The monoisotopic (exact) mass is 274 g/mol. The molecule has 0 unspecified atom stereocenters. The Labute approximate surface area is 119 Å². The minimum absolute atomic E-state index is 0.114. The van der Waals surface area contributed by atoms with E-state index in [0.29, 0.717) is 25.9 Å². The molecule has 1 aromatic rings. The highest BCUT2D eigenvalue weighted by Gasteiger charge is 2.56. The summed E-state index contributed by atoms with van der Waals surface area (Å²) in [5, 5.41) is 5.74. The molecule has 0 spiro atoms. The number of amides is 2. The molecular formula is C16H22N2O2. The lowest BCUT2D eigenvalue weighted by Gasteiger charge is -2.15. The minimum Gasteiger partial charge on any atom is -0.355 e. The molecule has 0 aromatic heterocycles. The van der Waals surface area contributed by atoms with Crippen molar-refractivity contribution in [2.75, 3.05) is 6.54 Å². The summed E-state index contributed by atoms with van der Waals surface area (Å²) in [6.07, 6.45) is 3.30. The van der Waals surface area contributed by atoms with Crippen molar-refractivity contribution in [3.8, 4) is 0 Å². The smallest absolute Gasteiger partial charge is 0.235 e. The standard InChI is InChI=1S/C16H22N2O2/c1-2-3-11-17-14(19)16(9-10-16)15(20)18-12-13-7-5-4-6-8-13/h4-8H,2-3,9-12H2,1H3,(H,17,19)(H,18,20). The summed E-state index contributed by atoms with van der Waals surface area (Å²) in [5.74, 6) is -0.258. The Bertz CT molecular complexity index is 467. The van der Waals surface area contributed by atoms with Gasteiger partial charge in [-0.25, -0.2) is 0 Å². The predicted octanol–water partition coefficient (Wildman–Crippen LogP) is 2.00. The predicted molar refractivity (Wildman–Crippen MR) is 77.9 cm³/mol. The van der Waals surface area contributed by atoms with E-state index >= 15 is 0 Å². The van der Waals surface area contributed by atoms with Gasteiger partial charge in [0.2, 0.25) is 11.8 Å². The molecule has 1 fully saturated rings. The lowest BCUT2D eigenvalue weighted by atomic mass is 10.0. The van der Waals surface area contributed by atoms with Crippen LogP contribution in [0.25, 0.3) is 0 Å². The Kier molecular flexibility index (Phi) is 4.77. The molecule has 1 aliphatic rings. The van der Waals surface area contributed by atoms with Gasteiger partial charge in [-0.3, -0.25) is 9.59 Å². The van der Waals surface area contributed by atoms with E-state index in [-0.39, 0.29) is 11.8 Å². The Hall–Kier alpha value is -1.84. The highest BCUT2D eigenvalue weighted by atomic mass is 16.2. The van der Waals surface area contributed by atoms with Crippen LogP contribution in [-0.4, -0.2) is 18.4 Å². The fourth-order valence-electron chi connectivity index (χ4n) is 2.18. The van der Waals surface area contributed by atoms with Crippen LogP contribution in [0.3, 0.4) is 0 Å². The first-order valence-corrected chi connectivity index (χ1v) is 7.29. The van der Waals surface area contributed by atoms with Crippen LogP contribution in [0.4, 0.5) is 0 Å². The van der Waals surface area contributed by atoms with Crippen LogP contribution in [0.1, 0.15) is 38.2 Å². The van der Waals surface area contributed by atoms with E-state index in [1.807, 2.05) is 30.3 Å². The fourth-order valence-corrected chi connectivity index (χ4v) is 2.18. The van der Waals surface area contributed by atoms with Crippen LogP contribution < -0.4 is 10.6 Å². The van der Waals surface area contributed by atoms with Crippen molar-refractivity contribution in [2.45, 2.75) is 39.2 Å². The summed E-state index contributed by atoms with van der Waals surface area (Å²) in [7, 11) is 0. The van der Waals surface area contributed by atoms with Gasteiger partial charge in [0, 0.05) is 13.1 Å². The molecule has 1 aromatic carbocycles. The van der Waals surface area contributed by atoms with Crippen molar-refractivity contribution in [2.24, 2.45) is 5.41 Å². The van der Waals surface area contributed by atoms with Gasteiger partial charge in [0.15, 0.2) is 0 Å². The van der Waals surface area contributed by atoms with Crippen LogP contribution in [-0.2, 0) is 16.1 Å².